The monoisotopic (exact) mass is 331 g/mol. The van der Waals surface area contributed by atoms with E-state index < -0.39 is 0 Å². The van der Waals surface area contributed by atoms with Gasteiger partial charge in [0.1, 0.15) is 0 Å². The van der Waals surface area contributed by atoms with Gasteiger partial charge < -0.3 is 5.32 Å². The maximum atomic E-state index is 5.90. The highest BCUT2D eigenvalue weighted by molar-refractivity contribution is 9.11. The minimum Gasteiger partial charge on any atom is -0.363 e. The van der Waals surface area contributed by atoms with Crippen LogP contribution in [-0.4, -0.2) is 10.2 Å². The number of hydrogen-bond donors (Lipinski definition) is 1. The van der Waals surface area contributed by atoms with Crippen LogP contribution < -0.4 is 5.32 Å². The predicted octanol–water partition coefficient (Wildman–Crippen LogP) is 4.18. The Kier molecular flexibility index (Phi) is 4.01. The van der Waals surface area contributed by atoms with E-state index in [1.807, 2.05) is 19.9 Å². The largest absolute Gasteiger partial charge is 0.363 e. The van der Waals surface area contributed by atoms with Crippen molar-refractivity contribution in [3.63, 3.8) is 0 Å². The molecule has 1 N–H and O–H groups in total. The SMILES string of the molecule is Cc1c(Cl)nnc(NCc2ccc(Br)s2)c1C. The van der Waals surface area contributed by atoms with E-state index >= 15 is 0 Å². The summed E-state index contributed by atoms with van der Waals surface area (Å²) in [4.78, 5) is 1.24. The Balaban J connectivity index is 2.12. The zero-order valence-corrected chi connectivity index (χ0v) is 12.6. The average Bonchev–Trinajstić information content (AvgIpc) is 2.71. The molecule has 17 heavy (non-hydrogen) atoms. The highest BCUT2D eigenvalue weighted by atomic mass is 79.9. The lowest BCUT2D eigenvalue weighted by Gasteiger charge is -2.09. The van der Waals surface area contributed by atoms with Crippen LogP contribution in [0.4, 0.5) is 5.82 Å². The third-order valence-electron chi connectivity index (χ3n) is 2.52. The molecule has 2 rings (SSSR count). The summed E-state index contributed by atoms with van der Waals surface area (Å²) in [6.07, 6.45) is 0. The third-order valence-corrected chi connectivity index (χ3v) is 4.51. The van der Waals surface area contributed by atoms with Gasteiger partial charge in [0.2, 0.25) is 0 Å². The molecule has 0 unspecified atom stereocenters. The second-order valence-electron chi connectivity index (χ2n) is 3.65. The molecule has 2 aromatic rings. The van der Waals surface area contributed by atoms with Gasteiger partial charge in [-0.05, 0) is 53.0 Å². The van der Waals surface area contributed by atoms with Crippen molar-refractivity contribution >= 4 is 44.7 Å². The zero-order valence-electron chi connectivity index (χ0n) is 9.42. The molecule has 0 saturated heterocycles. The van der Waals surface area contributed by atoms with Crippen molar-refractivity contribution in [3.8, 4) is 0 Å². The molecule has 0 spiro atoms. The fraction of sp³-hybridized carbons (Fsp3) is 0.273. The molecule has 2 heterocycles. The van der Waals surface area contributed by atoms with Gasteiger partial charge in [-0.15, -0.1) is 21.5 Å². The molecule has 0 atom stereocenters. The minimum absolute atomic E-state index is 0.465. The quantitative estimate of drug-likeness (QED) is 0.916. The van der Waals surface area contributed by atoms with Crippen LogP contribution in [0.25, 0.3) is 0 Å². The van der Waals surface area contributed by atoms with Gasteiger partial charge in [-0.2, -0.15) is 0 Å². The Hall–Kier alpha value is -0.650. The average molecular weight is 333 g/mol. The molecule has 3 nitrogen and oxygen atoms in total. The maximum absolute atomic E-state index is 5.90. The number of thiophene rings is 1. The lowest BCUT2D eigenvalue weighted by atomic mass is 10.2. The van der Waals surface area contributed by atoms with Crippen molar-refractivity contribution in [2.24, 2.45) is 0 Å². The minimum atomic E-state index is 0.465. The fourth-order valence-electron chi connectivity index (χ4n) is 1.36. The summed E-state index contributed by atoms with van der Waals surface area (Å²) in [5.74, 6) is 0.788. The van der Waals surface area contributed by atoms with Gasteiger partial charge in [-0.1, -0.05) is 11.6 Å². The first-order valence-corrected chi connectivity index (χ1v) is 7.04. The van der Waals surface area contributed by atoms with Crippen LogP contribution >= 0.6 is 38.9 Å². The van der Waals surface area contributed by atoms with Crippen LogP contribution in [0, 0.1) is 13.8 Å². The Morgan fingerprint density at radius 3 is 2.71 bits per heavy atom. The van der Waals surface area contributed by atoms with E-state index in [-0.39, 0.29) is 0 Å². The topological polar surface area (TPSA) is 37.8 Å². The predicted molar refractivity (Wildman–Crippen MR) is 75.9 cm³/mol. The first-order chi connectivity index (χ1) is 8.08. The molecule has 0 fully saturated rings. The van der Waals surface area contributed by atoms with Gasteiger partial charge in [-0.3, -0.25) is 0 Å². The molecular weight excluding hydrogens is 322 g/mol. The van der Waals surface area contributed by atoms with Crippen molar-refractivity contribution < 1.29 is 0 Å². The van der Waals surface area contributed by atoms with Crippen LogP contribution in [0.1, 0.15) is 16.0 Å². The normalized spacial score (nSPS) is 10.6. The summed E-state index contributed by atoms with van der Waals surface area (Å²) in [5, 5.41) is 11.7. The number of rotatable bonds is 3. The smallest absolute Gasteiger partial charge is 0.155 e. The van der Waals surface area contributed by atoms with Crippen LogP contribution in [0.2, 0.25) is 5.15 Å². The van der Waals surface area contributed by atoms with Crippen molar-refractivity contribution in [3.05, 3.63) is 37.1 Å². The van der Waals surface area contributed by atoms with Gasteiger partial charge in [0.15, 0.2) is 11.0 Å². The van der Waals surface area contributed by atoms with Gasteiger partial charge in [0.05, 0.1) is 10.3 Å². The van der Waals surface area contributed by atoms with Crippen LogP contribution in [0.5, 0.6) is 0 Å². The summed E-state index contributed by atoms with van der Waals surface area (Å²) < 4.78 is 1.13. The molecule has 0 amide bonds. The molecule has 0 saturated carbocycles. The first-order valence-electron chi connectivity index (χ1n) is 5.05. The second-order valence-corrected chi connectivity index (χ2v) is 6.55. The summed E-state index contributed by atoms with van der Waals surface area (Å²) >= 11 is 11.0. The van der Waals surface area contributed by atoms with Crippen LogP contribution in [0.3, 0.4) is 0 Å². The number of hydrogen-bond acceptors (Lipinski definition) is 4. The van der Waals surface area contributed by atoms with E-state index in [2.05, 4.69) is 37.5 Å². The molecule has 0 aliphatic rings. The number of nitrogens with one attached hydrogen (secondary N) is 1. The van der Waals surface area contributed by atoms with Crippen molar-refractivity contribution in [2.45, 2.75) is 20.4 Å². The highest BCUT2D eigenvalue weighted by Crippen LogP contribution is 2.24. The van der Waals surface area contributed by atoms with E-state index in [0.29, 0.717) is 5.15 Å². The Morgan fingerprint density at radius 2 is 2.06 bits per heavy atom. The molecule has 0 aliphatic heterocycles. The molecule has 0 aliphatic carbocycles. The van der Waals surface area contributed by atoms with Crippen LogP contribution in [0.15, 0.2) is 15.9 Å². The van der Waals surface area contributed by atoms with Gasteiger partial charge >= 0.3 is 0 Å². The zero-order chi connectivity index (χ0) is 12.4. The second kappa shape index (κ2) is 5.33. The molecule has 0 bridgehead atoms. The molecular formula is C11H11BrClN3S. The summed E-state index contributed by atoms with van der Waals surface area (Å²) in [6, 6.07) is 4.11. The third kappa shape index (κ3) is 2.97. The standard InChI is InChI=1S/C11H11BrClN3S/c1-6-7(2)11(16-15-10(6)13)14-5-8-3-4-9(12)17-8/h3-4H,5H2,1-2H3,(H,14,16). The molecule has 6 heteroatoms. The van der Waals surface area contributed by atoms with Gasteiger partial charge in [0, 0.05) is 4.88 Å². The lowest BCUT2D eigenvalue weighted by Crippen LogP contribution is -2.05. The molecule has 0 aromatic carbocycles. The van der Waals surface area contributed by atoms with Crippen molar-refractivity contribution in [1.29, 1.82) is 0 Å². The van der Waals surface area contributed by atoms with E-state index in [1.165, 1.54) is 4.88 Å². The van der Waals surface area contributed by atoms with Crippen molar-refractivity contribution in [1.82, 2.24) is 10.2 Å². The summed E-state index contributed by atoms with van der Waals surface area (Å²) in [7, 11) is 0. The first kappa shape index (κ1) is 12.8. The van der Waals surface area contributed by atoms with E-state index in [9.17, 15) is 0 Å². The van der Waals surface area contributed by atoms with Gasteiger partial charge in [0.25, 0.3) is 0 Å². The maximum Gasteiger partial charge on any atom is 0.155 e. The number of anilines is 1. The fourth-order valence-corrected chi connectivity index (χ4v) is 2.96. The van der Waals surface area contributed by atoms with E-state index in [4.69, 9.17) is 11.6 Å². The number of aromatic nitrogens is 2. The number of nitrogens with zero attached hydrogens (tertiary/aromatic N) is 2. The molecule has 2 aromatic heterocycles. The number of halogens is 2. The molecule has 90 valence electrons. The van der Waals surface area contributed by atoms with E-state index in [1.54, 1.807) is 11.3 Å². The molecule has 0 radical (unpaired) electrons. The highest BCUT2D eigenvalue weighted by Gasteiger charge is 2.08. The summed E-state index contributed by atoms with van der Waals surface area (Å²) in [6.45, 7) is 4.68. The summed E-state index contributed by atoms with van der Waals surface area (Å²) in [5.41, 5.74) is 2.01. The van der Waals surface area contributed by atoms with Crippen molar-refractivity contribution in [2.75, 3.05) is 5.32 Å². The Bertz CT molecular complexity index is 542. The lowest BCUT2D eigenvalue weighted by molar-refractivity contribution is 0.976. The van der Waals surface area contributed by atoms with Gasteiger partial charge in [-0.25, -0.2) is 0 Å². The Morgan fingerprint density at radius 1 is 1.29 bits per heavy atom. The van der Waals surface area contributed by atoms with E-state index in [0.717, 1.165) is 27.3 Å². The Labute approximate surface area is 117 Å². The van der Waals surface area contributed by atoms with Crippen LogP contribution in [-0.2, 0) is 6.54 Å².